The molecule has 0 aliphatic rings. The first kappa shape index (κ1) is 12.5. The molecule has 1 atom stereocenters. The van der Waals surface area contributed by atoms with Crippen LogP contribution in [0.25, 0.3) is 0 Å². The summed E-state index contributed by atoms with van der Waals surface area (Å²) in [5.41, 5.74) is 0.104. The minimum Gasteiger partial charge on any atom is -0.380 e. The summed E-state index contributed by atoms with van der Waals surface area (Å²) in [6.45, 7) is 0. The third-order valence-electron chi connectivity index (χ3n) is 2.46. The van der Waals surface area contributed by atoms with Gasteiger partial charge in [0.25, 0.3) is 0 Å². The van der Waals surface area contributed by atoms with Crippen molar-refractivity contribution in [2.75, 3.05) is 0 Å². The van der Waals surface area contributed by atoms with Crippen molar-refractivity contribution in [1.82, 2.24) is 9.55 Å². The third kappa shape index (κ3) is 2.22. The minimum atomic E-state index is -1.14. The van der Waals surface area contributed by atoms with Crippen molar-refractivity contribution in [3.05, 3.63) is 51.2 Å². The van der Waals surface area contributed by atoms with Crippen LogP contribution in [0.15, 0.2) is 29.0 Å². The molecule has 0 aliphatic carbocycles. The second kappa shape index (κ2) is 4.76. The van der Waals surface area contributed by atoms with E-state index < -0.39 is 11.9 Å². The zero-order valence-electron chi connectivity index (χ0n) is 8.86. The van der Waals surface area contributed by atoms with Gasteiger partial charge in [0.1, 0.15) is 17.7 Å². The average Bonchev–Trinajstić information content (AvgIpc) is 2.72. The number of nitrogens with zero attached hydrogens (tertiary/aromatic N) is 2. The van der Waals surface area contributed by atoms with Crippen molar-refractivity contribution in [3.63, 3.8) is 0 Å². The molecule has 2 aromatic rings. The van der Waals surface area contributed by atoms with Crippen molar-refractivity contribution in [2.45, 2.75) is 6.10 Å². The first-order chi connectivity index (χ1) is 8.02. The Balaban J connectivity index is 2.48. The molecule has 1 aromatic heterocycles. The van der Waals surface area contributed by atoms with Crippen LogP contribution in [-0.4, -0.2) is 14.7 Å². The lowest BCUT2D eigenvalue weighted by atomic mass is 10.1. The Hall–Kier alpha value is -0.910. The Morgan fingerprint density at radius 3 is 2.82 bits per heavy atom. The maximum absolute atomic E-state index is 13.9. The topological polar surface area (TPSA) is 38.0 Å². The lowest BCUT2D eigenvalue weighted by Crippen LogP contribution is -2.09. The molecular weight excluding hydrogens is 310 g/mol. The van der Waals surface area contributed by atoms with E-state index in [-0.39, 0.29) is 10.6 Å². The predicted octanol–water partition coefficient (Wildman–Crippen LogP) is 3.06. The number of aromatic nitrogens is 2. The number of aryl methyl sites for hydroxylation is 1. The van der Waals surface area contributed by atoms with Crippen LogP contribution in [0, 0.1) is 5.82 Å². The van der Waals surface area contributed by atoms with Crippen molar-refractivity contribution >= 4 is 27.5 Å². The maximum atomic E-state index is 13.9. The molecular formula is C11H9BrClFN2O. The highest BCUT2D eigenvalue weighted by molar-refractivity contribution is 9.10. The van der Waals surface area contributed by atoms with Crippen LogP contribution in [0.1, 0.15) is 17.5 Å². The van der Waals surface area contributed by atoms with Crippen LogP contribution >= 0.6 is 27.5 Å². The molecule has 90 valence electrons. The summed E-state index contributed by atoms with van der Waals surface area (Å²) in [5, 5.41) is 10.0. The number of aliphatic hydroxyl groups excluding tert-OH is 1. The van der Waals surface area contributed by atoms with Gasteiger partial charge in [-0.3, -0.25) is 0 Å². The first-order valence-electron chi connectivity index (χ1n) is 4.81. The number of halogens is 3. The van der Waals surface area contributed by atoms with Crippen molar-refractivity contribution in [1.29, 1.82) is 0 Å². The molecule has 0 radical (unpaired) electrons. The monoisotopic (exact) mass is 318 g/mol. The molecule has 1 unspecified atom stereocenters. The van der Waals surface area contributed by atoms with E-state index in [0.29, 0.717) is 10.3 Å². The van der Waals surface area contributed by atoms with Gasteiger partial charge in [-0.15, -0.1) is 0 Å². The lowest BCUT2D eigenvalue weighted by Gasteiger charge is -2.13. The zero-order valence-corrected chi connectivity index (χ0v) is 11.2. The molecule has 0 saturated heterocycles. The molecule has 17 heavy (non-hydrogen) atoms. The molecule has 2 rings (SSSR count). The smallest absolute Gasteiger partial charge is 0.149 e. The van der Waals surface area contributed by atoms with Crippen molar-refractivity contribution in [3.8, 4) is 0 Å². The highest BCUT2D eigenvalue weighted by Crippen LogP contribution is 2.32. The van der Waals surface area contributed by atoms with E-state index in [1.807, 2.05) is 0 Å². The van der Waals surface area contributed by atoms with Crippen molar-refractivity contribution < 1.29 is 9.50 Å². The van der Waals surface area contributed by atoms with Gasteiger partial charge in [0.15, 0.2) is 0 Å². The van der Waals surface area contributed by atoms with Gasteiger partial charge in [0.2, 0.25) is 0 Å². The molecule has 3 nitrogen and oxygen atoms in total. The van der Waals surface area contributed by atoms with Gasteiger partial charge >= 0.3 is 0 Å². The standard InChI is InChI=1S/C11H9BrClFN2O/c1-16-5-4-15-11(16)10(17)6-2-3-7(12)8(13)9(6)14/h2-5,10,17H,1H3. The van der Waals surface area contributed by atoms with Crippen LogP contribution in [0.4, 0.5) is 4.39 Å². The van der Waals surface area contributed by atoms with Gasteiger partial charge in [0, 0.05) is 29.5 Å². The maximum Gasteiger partial charge on any atom is 0.149 e. The van der Waals surface area contributed by atoms with E-state index in [1.165, 1.54) is 12.3 Å². The molecule has 0 spiro atoms. The van der Waals surface area contributed by atoms with E-state index in [4.69, 9.17) is 11.6 Å². The van der Waals surface area contributed by atoms with Gasteiger partial charge < -0.3 is 9.67 Å². The Morgan fingerprint density at radius 2 is 2.24 bits per heavy atom. The fraction of sp³-hybridized carbons (Fsp3) is 0.182. The number of aliphatic hydroxyl groups is 1. The van der Waals surface area contributed by atoms with Gasteiger partial charge in [-0.1, -0.05) is 17.7 Å². The molecule has 0 bridgehead atoms. The molecule has 0 aliphatic heterocycles. The van der Waals surface area contributed by atoms with Crippen molar-refractivity contribution in [2.24, 2.45) is 7.05 Å². The summed E-state index contributed by atoms with van der Waals surface area (Å²) in [6, 6.07) is 3.07. The first-order valence-corrected chi connectivity index (χ1v) is 5.98. The number of hydrogen-bond donors (Lipinski definition) is 1. The third-order valence-corrected chi connectivity index (χ3v) is 3.72. The normalized spacial score (nSPS) is 12.8. The lowest BCUT2D eigenvalue weighted by molar-refractivity contribution is 0.201. The minimum absolute atomic E-state index is 0.0456. The summed E-state index contributed by atoms with van der Waals surface area (Å²) in [5.74, 6) is -0.279. The molecule has 1 heterocycles. The van der Waals surface area contributed by atoms with Gasteiger partial charge in [-0.05, 0) is 22.0 Å². The second-order valence-corrected chi connectivity index (χ2v) is 4.80. The molecule has 1 aromatic carbocycles. The Bertz CT molecular complexity index is 558. The van der Waals surface area contributed by atoms with Crippen LogP contribution < -0.4 is 0 Å². The summed E-state index contributed by atoms with van der Waals surface area (Å²) < 4.78 is 16.0. The number of benzene rings is 1. The largest absolute Gasteiger partial charge is 0.380 e. The fourth-order valence-electron chi connectivity index (χ4n) is 1.53. The summed E-state index contributed by atoms with van der Waals surface area (Å²) in [4.78, 5) is 3.98. The van der Waals surface area contributed by atoms with E-state index in [2.05, 4.69) is 20.9 Å². The van der Waals surface area contributed by atoms with E-state index >= 15 is 0 Å². The number of imidazole rings is 1. The Labute approximate surface area is 111 Å². The van der Waals surface area contributed by atoms with Crippen LogP contribution in [-0.2, 0) is 7.05 Å². The quantitative estimate of drug-likeness (QED) is 0.864. The zero-order chi connectivity index (χ0) is 12.6. The Kier molecular flexibility index (Phi) is 3.51. The number of rotatable bonds is 2. The summed E-state index contributed by atoms with van der Waals surface area (Å²) in [7, 11) is 1.73. The van der Waals surface area contributed by atoms with E-state index in [1.54, 1.807) is 23.9 Å². The summed E-state index contributed by atoms with van der Waals surface area (Å²) >= 11 is 8.89. The average molecular weight is 320 g/mol. The van der Waals surface area contributed by atoms with Crippen LogP contribution in [0.2, 0.25) is 5.02 Å². The molecule has 0 amide bonds. The van der Waals surface area contributed by atoms with Crippen LogP contribution in [0.3, 0.4) is 0 Å². The molecule has 0 fully saturated rings. The Morgan fingerprint density at radius 1 is 1.53 bits per heavy atom. The van der Waals surface area contributed by atoms with E-state index in [0.717, 1.165) is 0 Å². The summed E-state index contributed by atoms with van der Waals surface area (Å²) in [6.07, 6.45) is 2.08. The SMILES string of the molecule is Cn1ccnc1C(O)c1ccc(Br)c(Cl)c1F. The van der Waals surface area contributed by atoms with Gasteiger partial charge in [0.05, 0.1) is 5.02 Å². The van der Waals surface area contributed by atoms with Gasteiger partial charge in [-0.2, -0.15) is 0 Å². The highest BCUT2D eigenvalue weighted by atomic mass is 79.9. The molecule has 1 N–H and O–H groups in total. The predicted molar refractivity (Wildman–Crippen MR) is 66.4 cm³/mol. The number of hydrogen-bond acceptors (Lipinski definition) is 2. The second-order valence-electron chi connectivity index (χ2n) is 3.56. The van der Waals surface area contributed by atoms with Crippen LogP contribution in [0.5, 0.6) is 0 Å². The van der Waals surface area contributed by atoms with E-state index in [9.17, 15) is 9.50 Å². The van der Waals surface area contributed by atoms with Gasteiger partial charge in [-0.25, -0.2) is 9.37 Å². The highest BCUT2D eigenvalue weighted by Gasteiger charge is 2.21. The molecule has 0 saturated carbocycles. The molecule has 6 heteroatoms. The fourth-order valence-corrected chi connectivity index (χ4v) is 2.01.